The van der Waals surface area contributed by atoms with Gasteiger partial charge in [-0.2, -0.15) is 0 Å². The van der Waals surface area contributed by atoms with Crippen molar-refractivity contribution < 1.29 is 64.4 Å². The Labute approximate surface area is 121 Å². The van der Waals surface area contributed by atoms with Crippen molar-refractivity contribution in [2.24, 2.45) is 0 Å². The van der Waals surface area contributed by atoms with Crippen molar-refractivity contribution in [2.75, 3.05) is 0 Å². The standard InChI is InChI=1S/C8H10O3S.K/c1-7(12(9,10)11)8-5-3-2-4-6-8;/h2-7H,1H3,(H,9,10,11);/q;+1/p-1/t7-;/m0./s1. The number of benzene rings is 1. The summed E-state index contributed by atoms with van der Waals surface area (Å²) in [7, 11) is -4.21. The molecule has 1 atom stereocenters. The monoisotopic (exact) mass is 224 g/mol. The van der Waals surface area contributed by atoms with Crippen molar-refractivity contribution >= 4 is 10.1 Å². The SMILES string of the molecule is C[C@@H](c1ccccc1)S(=O)(=O)[O-].[K+]. The Morgan fingerprint density at radius 2 is 1.69 bits per heavy atom. The molecule has 13 heavy (non-hydrogen) atoms. The Balaban J connectivity index is 0.00000144. The van der Waals surface area contributed by atoms with E-state index in [1.54, 1.807) is 30.3 Å². The summed E-state index contributed by atoms with van der Waals surface area (Å²) in [5.74, 6) is 0. The summed E-state index contributed by atoms with van der Waals surface area (Å²) in [5, 5.41) is -0.960. The van der Waals surface area contributed by atoms with Crippen LogP contribution >= 0.6 is 0 Å². The Morgan fingerprint density at radius 1 is 1.23 bits per heavy atom. The van der Waals surface area contributed by atoms with Crippen LogP contribution in [0.1, 0.15) is 17.7 Å². The smallest absolute Gasteiger partial charge is 0.747 e. The molecule has 1 aromatic rings. The first-order valence-corrected chi connectivity index (χ1v) is 4.98. The van der Waals surface area contributed by atoms with E-state index in [1.165, 1.54) is 6.92 Å². The van der Waals surface area contributed by atoms with Crippen molar-refractivity contribution in [1.82, 2.24) is 0 Å². The second kappa shape index (κ2) is 5.60. The summed E-state index contributed by atoms with van der Waals surface area (Å²) in [6.45, 7) is 1.39. The summed E-state index contributed by atoms with van der Waals surface area (Å²) in [6.07, 6.45) is 0. The van der Waals surface area contributed by atoms with Crippen LogP contribution in [0.4, 0.5) is 0 Å². The Bertz CT molecular complexity index is 347. The van der Waals surface area contributed by atoms with Gasteiger partial charge >= 0.3 is 51.4 Å². The van der Waals surface area contributed by atoms with Gasteiger partial charge in [-0.05, 0) is 12.5 Å². The van der Waals surface area contributed by atoms with E-state index >= 15 is 0 Å². The summed E-state index contributed by atoms with van der Waals surface area (Å²) in [4.78, 5) is 0. The van der Waals surface area contributed by atoms with Gasteiger partial charge < -0.3 is 4.55 Å². The van der Waals surface area contributed by atoms with Crippen LogP contribution in [0.15, 0.2) is 30.3 Å². The molecule has 0 saturated carbocycles. The fourth-order valence-corrected chi connectivity index (χ4v) is 1.38. The molecule has 0 fully saturated rings. The van der Waals surface area contributed by atoms with Gasteiger partial charge in [0.15, 0.2) is 0 Å². The van der Waals surface area contributed by atoms with E-state index in [2.05, 4.69) is 0 Å². The fourth-order valence-electron chi connectivity index (χ4n) is 0.891. The van der Waals surface area contributed by atoms with Gasteiger partial charge in [-0.25, -0.2) is 8.42 Å². The Kier molecular flexibility index (Phi) is 5.93. The second-order valence-corrected chi connectivity index (χ2v) is 4.24. The van der Waals surface area contributed by atoms with E-state index in [0.717, 1.165) is 0 Å². The minimum Gasteiger partial charge on any atom is -0.747 e. The van der Waals surface area contributed by atoms with Crippen LogP contribution in [0.3, 0.4) is 0 Å². The van der Waals surface area contributed by atoms with Crippen LogP contribution in [0.5, 0.6) is 0 Å². The summed E-state index contributed by atoms with van der Waals surface area (Å²) in [5.41, 5.74) is 0.535. The van der Waals surface area contributed by atoms with Crippen molar-refractivity contribution in [2.45, 2.75) is 12.2 Å². The molecular formula is C8H9KO3S. The molecule has 0 aliphatic carbocycles. The van der Waals surface area contributed by atoms with Gasteiger partial charge in [0.1, 0.15) is 10.1 Å². The van der Waals surface area contributed by atoms with E-state index in [4.69, 9.17) is 0 Å². The largest absolute Gasteiger partial charge is 1.00 e. The Hall–Kier alpha value is 0.766. The minimum atomic E-state index is -4.21. The molecule has 0 unspecified atom stereocenters. The molecule has 0 aromatic heterocycles. The first-order valence-electron chi connectivity index (χ1n) is 3.51. The summed E-state index contributed by atoms with van der Waals surface area (Å²) in [6, 6.07) is 8.43. The zero-order chi connectivity index (χ0) is 9.19. The maximum absolute atomic E-state index is 10.6. The normalized spacial score (nSPS) is 13.1. The molecule has 0 aliphatic rings. The number of hydrogen-bond donors (Lipinski definition) is 0. The quantitative estimate of drug-likeness (QED) is 0.444. The molecular weight excluding hydrogens is 215 g/mol. The van der Waals surface area contributed by atoms with Crippen LogP contribution in [0, 0.1) is 0 Å². The third-order valence-corrected chi connectivity index (χ3v) is 2.84. The topological polar surface area (TPSA) is 57.2 Å². The van der Waals surface area contributed by atoms with Gasteiger partial charge in [0.05, 0.1) is 5.25 Å². The Morgan fingerprint density at radius 3 is 2.08 bits per heavy atom. The van der Waals surface area contributed by atoms with Gasteiger partial charge in [0.2, 0.25) is 0 Å². The average molecular weight is 224 g/mol. The van der Waals surface area contributed by atoms with Crippen LogP contribution in [-0.4, -0.2) is 13.0 Å². The van der Waals surface area contributed by atoms with Crippen molar-refractivity contribution in [3.05, 3.63) is 35.9 Å². The predicted octanol–water partition coefficient (Wildman–Crippen LogP) is -1.70. The molecule has 5 heteroatoms. The van der Waals surface area contributed by atoms with E-state index in [0.29, 0.717) is 5.56 Å². The van der Waals surface area contributed by atoms with E-state index in [-0.39, 0.29) is 51.4 Å². The van der Waals surface area contributed by atoms with Gasteiger partial charge in [-0.3, -0.25) is 0 Å². The molecule has 0 aliphatic heterocycles. The van der Waals surface area contributed by atoms with E-state index < -0.39 is 15.4 Å². The summed E-state index contributed by atoms with van der Waals surface area (Å²) < 4.78 is 31.7. The van der Waals surface area contributed by atoms with Gasteiger partial charge in [-0.15, -0.1) is 0 Å². The first-order chi connectivity index (χ1) is 5.52. The molecule has 0 spiro atoms. The van der Waals surface area contributed by atoms with Crippen LogP contribution in [-0.2, 0) is 10.1 Å². The van der Waals surface area contributed by atoms with Crippen molar-refractivity contribution in [3.63, 3.8) is 0 Å². The second-order valence-electron chi connectivity index (χ2n) is 2.55. The van der Waals surface area contributed by atoms with Crippen molar-refractivity contribution in [1.29, 1.82) is 0 Å². The third kappa shape index (κ3) is 4.20. The molecule has 0 N–H and O–H groups in total. The molecule has 0 heterocycles. The van der Waals surface area contributed by atoms with E-state index in [1.807, 2.05) is 0 Å². The zero-order valence-electron chi connectivity index (χ0n) is 7.60. The molecule has 66 valence electrons. The molecule has 1 aromatic carbocycles. The summed E-state index contributed by atoms with van der Waals surface area (Å²) >= 11 is 0. The minimum absolute atomic E-state index is 0. The average Bonchev–Trinajstić information content (AvgIpc) is 2.03. The first kappa shape index (κ1) is 13.8. The maximum atomic E-state index is 10.6. The van der Waals surface area contributed by atoms with Gasteiger partial charge in [0.25, 0.3) is 0 Å². The number of hydrogen-bond acceptors (Lipinski definition) is 3. The maximum Gasteiger partial charge on any atom is 1.00 e. The van der Waals surface area contributed by atoms with Crippen LogP contribution in [0.2, 0.25) is 0 Å². The predicted molar refractivity (Wildman–Crippen MR) is 44.6 cm³/mol. The molecule has 0 bridgehead atoms. The molecule has 0 amide bonds. The molecule has 0 radical (unpaired) electrons. The zero-order valence-corrected chi connectivity index (χ0v) is 11.5. The van der Waals surface area contributed by atoms with E-state index in [9.17, 15) is 13.0 Å². The molecule has 3 nitrogen and oxygen atoms in total. The van der Waals surface area contributed by atoms with Crippen molar-refractivity contribution in [3.8, 4) is 0 Å². The number of rotatable bonds is 2. The fraction of sp³-hybridized carbons (Fsp3) is 0.250. The van der Waals surface area contributed by atoms with Gasteiger partial charge in [-0.1, -0.05) is 30.3 Å². The third-order valence-electron chi connectivity index (χ3n) is 1.70. The molecule has 0 saturated heterocycles. The van der Waals surface area contributed by atoms with Crippen LogP contribution < -0.4 is 51.4 Å². The van der Waals surface area contributed by atoms with Crippen LogP contribution in [0.25, 0.3) is 0 Å². The molecule has 1 rings (SSSR count). The van der Waals surface area contributed by atoms with Gasteiger partial charge in [0, 0.05) is 0 Å².